The van der Waals surface area contributed by atoms with Crippen LogP contribution in [-0.4, -0.2) is 30.3 Å². The van der Waals surface area contributed by atoms with Gasteiger partial charge in [0.25, 0.3) is 0 Å². The average molecular weight is 221 g/mol. The molecule has 2 N–H and O–H groups in total. The van der Waals surface area contributed by atoms with E-state index >= 15 is 0 Å². The quantitative estimate of drug-likeness (QED) is 0.798. The molecule has 1 aromatic carbocycles. The van der Waals surface area contributed by atoms with Gasteiger partial charge in [-0.25, -0.2) is 0 Å². The van der Waals surface area contributed by atoms with Crippen molar-refractivity contribution in [2.45, 2.75) is 18.9 Å². The largest absolute Gasteiger partial charge is 0.489 e. The van der Waals surface area contributed by atoms with Crippen molar-refractivity contribution in [2.24, 2.45) is 0 Å². The number of aliphatic carboxylic acids is 1. The maximum Gasteiger partial charge on any atom is 0.307 e. The SMILES string of the molecule is O=C(O)Cc1ccccc1OC1CCNC1. The fourth-order valence-corrected chi connectivity index (χ4v) is 1.84. The van der Waals surface area contributed by atoms with E-state index in [1.54, 1.807) is 6.07 Å². The molecule has 1 aromatic rings. The summed E-state index contributed by atoms with van der Waals surface area (Å²) in [6.45, 7) is 1.80. The van der Waals surface area contributed by atoms with Crippen molar-refractivity contribution in [2.75, 3.05) is 13.1 Å². The van der Waals surface area contributed by atoms with Crippen molar-refractivity contribution in [3.05, 3.63) is 29.8 Å². The maximum atomic E-state index is 10.7. The van der Waals surface area contributed by atoms with Crippen LogP contribution in [0.3, 0.4) is 0 Å². The highest BCUT2D eigenvalue weighted by Gasteiger charge is 2.17. The first-order valence-corrected chi connectivity index (χ1v) is 5.43. The monoisotopic (exact) mass is 221 g/mol. The second kappa shape index (κ2) is 4.99. The number of nitrogens with one attached hydrogen (secondary N) is 1. The summed E-state index contributed by atoms with van der Waals surface area (Å²) in [4.78, 5) is 10.7. The normalized spacial score (nSPS) is 19.6. The number of carbonyl (C=O) groups is 1. The van der Waals surface area contributed by atoms with E-state index in [0.29, 0.717) is 5.75 Å². The molecule has 0 bridgehead atoms. The van der Waals surface area contributed by atoms with Crippen LogP contribution in [-0.2, 0) is 11.2 Å². The van der Waals surface area contributed by atoms with Gasteiger partial charge in [-0.3, -0.25) is 4.79 Å². The van der Waals surface area contributed by atoms with Gasteiger partial charge in [0.05, 0.1) is 6.42 Å². The Hall–Kier alpha value is -1.55. The topological polar surface area (TPSA) is 58.6 Å². The minimum Gasteiger partial charge on any atom is -0.489 e. The Bertz CT molecular complexity index is 372. The molecule has 86 valence electrons. The van der Waals surface area contributed by atoms with E-state index < -0.39 is 5.97 Å². The predicted octanol–water partition coefficient (Wildman–Crippen LogP) is 1.05. The number of para-hydroxylation sites is 1. The van der Waals surface area contributed by atoms with Gasteiger partial charge in [0.15, 0.2) is 0 Å². The van der Waals surface area contributed by atoms with E-state index in [0.717, 1.165) is 25.1 Å². The number of carboxylic acid groups (broad SMARTS) is 1. The van der Waals surface area contributed by atoms with Gasteiger partial charge in [-0.2, -0.15) is 0 Å². The summed E-state index contributed by atoms with van der Waals surface area (Å²) in [5, 5.41) is 12.0. The fraction of sp³-hybridized carbons (Fsp3) is 0.417. The lowest BCUT2D eigenvalue weighted by molar-refractivity contribution is -0.136. The molecule has 4 heteroatoms. The molecule has 16 heavy (non-hydrogen) atoms. The van der Waals surface area contributed by atoms with Crippen LogP contribution in [0.25, 0.3) is 0 Å². The zero-order chi connectivity index (χ0) is 11.4. The van der Waals surface area contributed by atoms with Gasteiger partial charge in [0.1, 0.15) is 11.9 Å². The molecule has 1 saturated heterocycles. The van der Waals surface area contributed by atoms with Gasteiger partial charge >= 0.3 is 5.97 Å². The first-order valence-electron chi connectivity index (χ1n) is 5.43. The molecule has 1 aliphatic heterocycles. The minimum atomic E-state index is -0.833. The van der Waals surface area contributed by atoms with Crippen molar-refractivity contribution in [1.82, 2.24) is 5.32 Å². The average Bonchev–Trinajstić information content (AvgIpc) is 2.73. The molecule has 0 spiro atoms. The van der Waals surface area contributed by atoms with Gasteiger partial charge in [-0.05, 0) is 19.0 Å². The van der Waals surface area contributed by atoms with Crippen LogP contribution < -0.4 is 10.1 Å². The van der Waals surface area contributed by atoms with Gasteiger partial charge < -0.3 is 15.2 Å². The molecule has 1 unspecified atom stereocenters. The molecule has 1 fully saturated rings. The van der Waals surface area contributed by atoms with E-state index in [2.05, 4.69) is 5.32 Å². The predicted molar refractivity (Wildman–Crippen MR) is 59.7 cm³/mol. The summed E-state index contributed by atoms with van der Waals surface area (Å²) < 4.78 is 5.78. The Kier molecular flexibility index (Phi) is 3.41. The van der Waals surface area contributed by atoms with Crippen LogP contribution in [0, 0.1) is 0 Å². The first-order chi connectivity index (χ1) is 7.75. The molecule has 0 saturated carbocycles. The molecular weight excluding hydrogens is 206 g/mol. The summed E-state index contributed by atoms with van der Waals surface area (Å²) in [5.41, 5.74) is 0.738. The molecule has 0 aliphatic carbocycles. The van der Waals surface area contributed by atoms with Gasteiger partial charge in [0.2, 0.25) is 0 Å². The summed E-state index contributed by atoms with van der Waals surface area (Å²) >= 11 is 0. The lowest BCUT2D eigenvalue weighted by atomic mass is 10.1. The molecule has 0 amide bonds. The van der Waals surface area contributed by atoms with E-state index in [1.165, 1.54) is 0 Å². The Morgan fingerprint density at radius 1 is 1.50 bits per heavy atom. The molecule has 1 aliphatic rings. The third kappa shape index (κ3) is 2.73. The number of hydrogen-bond donors (Lipinski definition) is 2. The second-order valence-corrected chi connectivity index (χ2v) is 3.91. The van der Waals surface area contributed by atoms with Crippen molar-refractivity contribution < 1.29 is 14.6 Å². The lowest BCUT2D eigenvalue weighted by Crippen LogP contribution is -2.20. The Morgan fingerprint density at radius 2 is 2.31 bits per heavy atom. The van der Waals surface area contributed by atoms with E-state index in [-0.39, 0.29) is 12.5 Å². The van der Waals surface area contributed by atoms with Crippen LogP contribution in [0.2, 0.25) is 0 Å². The fourth-order valence-electron chi connectivity index (χ4n) is 1.84. The number of rotatable bonds is 4. The summed E-state index contributed by atoms with van der Waals surface area (Å²) in [7, 11) is 0. The number of hydrogen-bond acceptors (Lipinski definition) is 3. The molecule has 1 heterocycles. The van der Waals surface area contributed by atoms with Crippen LogP contribution in [0.15, 0.2) is 24.3 Å². The van der Waals surface area contributed by atoms with Crippen LogP contribution in [0.5, 0.6) is 5.75 Å². The first kappa shape index (κ1) is 11.0. The van der Waals surface area contributed by atoms with Crippen molar-refractivity contribution in [3.8, 4) is 5.75 Å². The summed E-state index contributed by atoms with van der Waals surface area (Å²) in [5.74, 6) is -0.140. The Morgan fingerprint density at radius 3 is 3.00 bits per heavy atom. The lowest BCUT2D eigenvalue weighted by Gasteiger charge is -2.15. The highest BCUT2D eigenvalue weighted by Crippen LogP contribution is 2.21. The summed E-state index contributed by atoms with van der Waals surface area (Å²) in [6, 6.07) is 7.32. The number of ether oxygens (including phenoxy) is 1. The van der Waals surface area contributed by atoms with Crippen LogP contribution in [0.1, 0.15) is 12.0 Å². The van der Waals surface area contributed by atoms with E-state index in [1.807, 2.05) is 18.2 Å². The molecule has 0 aromatic heterocycles. The highest BCUT2D eigenvalue weighted by molar-refractivity contribution is 5.71. The number of benzene rings is 1. The van der Waals surface area contributed by atoms with Gasteiger partial charge in [-0.1, -0.05) is 18.2 Å². The van der Waals surface area contributed by atoms with Crippen molar-refractivity contribution in [1.29, 1.82) is 0 Å². The van der Waals surface area contributed by atoms with E-state index in [4.69, 9.17) is 9.84 Å². The van der Waals surface area contributed by atoms with Crippen molar-refractivity contribution in [3.63, 3.8) is 0 Å². The van der Waals surface area contributed by atoms with Crippen LogP contribution in [0.4, 0.5) is 0 Å². The standard InChI is InChI=1S/C12H15NO3/c14-12(15)7-9-3-1-2-4-11(9)16-10-5-6-13-8-10/h1-4,10,13H,5-8H2,(H,14,15). The molecule has 0 radical (unpaired) electrons. The smallest absolute Gasteiger partial charge is 0.307 e. The van der Waals surface area contributed by atoms with E-state index in [9.17, 15) is 4.79 Å². The zero-order valence-corrected chi connectivity index (χ0v) is 8.98. The molecule has 2 rings (SSSR count). The molecule has 1 atom stereocenters. The highest BCUT2D eigenvalue weighted by atomic mass is 16.5. The minimum absolute atomic E-state index is 0.0102. The third-order valence-corrected chi connectivity index (χ3v) is 2.62. The van der Waals surface area contributed by atoms with Crippen molar-refractivity contribution >= 4 is 5.97 Å². The Balaban J connectivity index is 2.09. The molecular formula is C12H15NO3. The van der Waals surface area contributed by atoms with Crippen LogP contribution >= 0.6 is 0 Å². The Labute approximate surface area is 94.2 Å². The number of carboxylic acids is 1. The van der Waals surface area contributed by atoms with Gasteiger partial charge in [0, 0.05) is 12.1 Å². The van der Waals surface area contributed by atoms with Gasteiger partial charge in [-0.15, -0.1) is 0 Å². The summed E-state index contributed by atoms with van der Waals surface area (Å²) in [6.07, 6.45) is 1.15. The zero-order valence-electron chi connectivity index (χ0n) is 8.98. The molecule has 4 nitrogen and oxygen atoms in total. The second-order valence-electron chi connectivity index (χ2n) is 3.91. The third-order valence-electron chi connectivity index (χ3n) is 2.62. The maximum absolute atomic E-state index is 10.7.